The number of ether oxygens (including phenoxy) is 1. The highest BCUT2D eigenvalue weighted by atomic mass is 32.2. The lowest BCUT2D eigenvalue weighted by Crippen LogP contribution is -2.21. The van der Waals surface area contributed by atoms with E-state index in [0.717, 1.165) is 41.8 Å². The van der Waals surface area contributed by atoms with E-state index in [-0.39, 0.29) is 5.75 Å². The van der Waals surface area contributed by atoms with Gasteiger partial charge in [0, 0.05) is 30.4 Å². The van der Waals surface area contributed by atoms with Crippen LogP contribution in [-0.2, 0) is 6.42 Å². The smallest absolute Gasteiger partial charge is 0.225 e. The van der Waals surface area contributed by atoms with Crippen molar-refractivity contribution in [3.63, 3.8) is 0 Å². The van der Waals surface area contributed by atoms with Gasteiger partial charge in [0.2, 0.25) is 5.95 Å². The van der Waals surface area contributed by atoms with Gasteiger partial charge in [0.05, 0.1) is 7.11 Å². The predicted molar refractivity (Wildman–Crippen MR) is 128 cm³/mol. The molecule has 0 saturated carbocycles. The van der Waals surface area contributed by atoms with E-state index in [2.05, 4.69) is 33.5 Å². The fourth-order valence-electron chi connectivity index (χ4n) is 3.52. The van der Waals surface area contributed by atoms with Crippen molar-refractivity contribution in [2.75, 3.05) is 31.4 Å². The number of hydrogen-bond acceptors (Lipinski definition) is 5. The molecule has 1 fully saturated rings. The average molecular weight is 458 g/mol. The quantitative estimate of drug-likeness (QED) is 0.424. The van der Waals surface area contributed by atoms with Gasteiger partial charge in [-0.3, -0.25) is 0 Å². The second-order valence-electron chi connectivity index (χ2n) is 7.79. The molecule has 0 N–H and O–H groups in total. The summed E-state index contributed by atoms with van der Waals surface area (Å²) in [5.74, 6) is -0.0571. The molecule has 0 amide bonds. The highest BCUT2D eigenvalue weighted by molar-refractivity contribution is 7.98. The van der Waals surface area contributed by atoms with Gasteiger partial charge in [0.15, 0.2) is 17.4 Å². The van der Waals surface area contributed by atoms with Crippen molar-refractivity contribution in [3.05, 3.63) is 66.0 Å². The maximum atomic E-state index is 13.6. The van der Waals surface area contributed by atoms with Crippen molar-refractivity contribution in [3.8, 4) is 16.9 Å². The normalized spacial score (nSPS) is 15.3. The molecule has 2 heterocycles. The van der Waals surface area contributed by atoms with Crippen molar-refractivity contribution >= 4 is 17.7 Å². The van der Waals surface area contributed by atoms with E-state index in [1.807, 2.05) is 42.9 Å². The Balaban J connectivity index is 0.000000186. The number of halogens is 2. The molecule has 4 nitrogen and oxygen atoms in total. The number of anilines is 1. The number of hydrogen-bond donors (Lipinski definition) is 0. The van der Waals surface area contributed by atoms with Crippen LogP contribution >= 0.6 is 11.8 Å². The molecular formula is C25H29F2N3OS. The number of aromatic nitrogens is 2. The first-order chi connectivity index (χ1) is 15.4. The molecule has 0 radical (unpaired) electrons. The van der Waals surface area contributed by atoms with Gasteiger partial charge in [-0.05, 0) is 66.0 Å². The molecule has 32 heavy (non-hydrogen) atoms. The molecule has 0 spiro atoms. The van der Waals surface area contributed by atoms with Gasteiger partial charge in [-0.25, -0.2) is 18.7 Å². The Labute approximate surface area is 193 Å². The minimum absolute atomic E-state index is 0.348. The molecule has 1 aromatic heterocycles. The van der Waals surface area contributed by atoms with Crippen LogP contribution in [0.2, 0.25) is 0 Å². The van der Waals surface area contributed by atoms with Gasteiger partial charge in [-0.2, -0.15) is 0 Å². The third-order valence-electron chi connectivity index (χ3n) is 5.43. The van der Waals surface area contributed by atoms with Gasteiger partial charge in [-0.15, -0.1) is 11.8 Å². The lowest BCUT2D eigenvalue weighted by molar-refractivity contribution is 0.360. The zero-order valence-electron chi connectivity index (χ0n) is 18.9. The number of methoxy groups -OCH3 is 1. The van der Waals surface area contributed by atoms with Crippen LogP contribution in [0.3, 0.4) is 0 Å². The van der Waals surface area contributed by atoms with Crippen LogP contribution in [-0.4, -0.2) is 36.4 Å². The minimum atomic E-state index is -0.693. The largest absolute Gasteiger partial charge is 0.491 e. The van der Waals surface area contributed by atoms with Gasteiger partial charge in [0.1, 0.15) is 0 Å². The molecule has 1 aliphatic rings. The van der Waals surface area contributed by atoms with Crippen LogP contribution in [0.5, 0.6) is 5.75 Å². The zero-order valence-corrected chi connectivity index (χ0v) is 19.8. The number of thioether (sulfide) groups is 1. The number of aryl methyl sites for hydroxylation is 1. The summed E-state index contributed by atoms with van der Waals surface area (Å²) in [6.07, 6.45) is 8.12. The molecule has 1 unspecified atom stereocenters. The van der Waals surface area contributed by atoms with Crippen molar-refractivity contribution in [2.45, 2.75) is 31.6 Å². The Kier molecular flexibility index (Phi) is 8.45. The zero-order chi connectivity index (χ0) is 23.1. The van der Waals surface area contributed by atoms with Crippen molar-refractivity contribution < 1.29 is 13.5 Å². The first kappa shape index (κ1) is 24.0. The SMILES string of the molecule is CCc1cnc(N2CCC(C)C2)nc1.COc1c(F)cc(-c2ccc(SC)cc2)cc1F. The highest BCUT2D eigenvalue weighted by Crippen LogP contribution is 2.29. The molecule has 3 aromatic rings. The highest BCUT2D eigenvalue weighted by Gasteiger charge is 2.20. The second-order valence-corrected chi connectivity index (χ2v) is 8.67. The van der Waals surface area contributed by atoms with E-state index in [1.165, 1.54) is 31.2 Å². The topological polar surface area (TPSA) is 38.2 Å². The van der Waals surface area contributed by atoms with Crippen LogP contribution in [0.1, 0.15) is 25.8 Å². The number of nitrogens with zero attached hydrogens (tertiary/aromatic N) is 3. The van der Waals surface area contributed by atoms with E-state index in [9.17, 15) is 8.78 Å². The van der Waals surface area contributed by atoms with Crippen LogP contribution in [0, 0.1) is 17.6 Å². The summed E-state index contributed by atoms with van der Waals surface area (Å²) < 4.78 is 31.8. The Morgan fingerprint density at radius 2 is 1.69 bits per heavy atom. The second kappa shape index (κ2) is 11.3. The third-order valence-corrected chi connectivity index (χ3v) is 6.18. The number of benzene rings is 2. The summed E-state index contributed by atoms with van der Waals surface area (Å²) in [7, 11) is 1.24. The third kappa shape index (κ3) is 5.97. The summed E-state index contributed by atoms with van der Waals surface area (Å²) in [6, 6.07) is 10.1. The molecule has 1 atom stereocenters. The first-order valence-corrected chi connectivity index (χ1v) is 11.9. The van der Waals surface area contributed by atoms with Crippen LogP contribution < -0.4 is 9.64 Å². The van der Waals surface area contributed by atoms with Crippen molar-refractivity contribution in [1.82, 2.24) is 9.97 Å². The Bertz CT molecular complexity index is 990. The maximum Gasteiger partial charge on any atom is 0.225 e. The molecule has 7 heteroatoms. The van der Waals surface area contributed by atoms with Gasteiger partial charge in [0.25, 0.3) is 0 Å². The van der Waals surface area contributed by atoms with E-state index >= 15 is 0 Å². The molecular weight excluding hydrogens is 428 g/mol. The summed E-state index contributed by atoms with van der Waals surface area (Å²) in [4.78, 5) is 12.1. The Morgan fingerprint density at radius 1 is 1.06 bits per heavy atom. The van der Waals surface area contributed by atoms with Crippen LogP contribution in [0.25, 0.3) is 11.1 Å². The first-order valence-electron chi connectivity index (χ1n) is 10.7. The molecule has 0 aliphatic carbocycles. The summed E-state index contributed by atoms with van der Waals surface area (Å²) in [5, 5.41) is 0. The molecule has 1 aliphatic heterocycles. The number of rotatable bonds is 5. The van der Waals surface area contributed by atoms with Gasteiger partial charge >= 0.3 is 0 Å². The van der Waals surface area contributed by atoms with Gasteiger partial charge < -0.3 is 9.64 Å². The molecule has 2 aromatic carbocycles. The summed E-state index contributed by atoms with van der Waals surface area (Å²) in [5.41, 5.74) is 2.48. The van der Waals surface area contributed by atoms with E-state index in [0.29, 0.717) is 5.56 Å². The lowest BCUT2D eigenvalue weighted by Gasteiger charge is -2.15. The Morgan fingerprint density at radius 3 is 2.16 bits per heavy atom. The van der Waals surface area contributed by atoms with Crippen molar-refractivity contribution in [2.24, 2.45) is 5.92 Å². The molecule has 4 rings (SSSR count). The molecule has 170 valence electrons. The lowest BCUT2D eigenvalue weighted by atomic mass is 10.1. The molecule has 0 bridgehead atoms. The fraction of sp³-hybridized carbons (Fsp3) is 0.360. The average Bonchev–Trinajstić information content (AvgIpc) is 3.25. The fourth-order valence-corrected chi connectivity index (χ4v) is 3.92. The summed E-state index contributed by atoms with van der Waals surface area (Å²) >= 11 is 1.62. The predicted octanol–water partition coefficient (Wildman–Crippen LogP) is 6.25. The van der Waals surface area contributed by atoms with Crippen LogP contribution in [0.4, 0.5) is 14.7 Å². The monoisotopic (exact) mass is 457 g/mol. The summed E-state index contributed by atoms with van der Waals surface area (Å²) in [6.45, 7) is 6.61. The van der Waals surface area contributed by atoms with Gasteiger partial charge in [-0.1, -0.05) is 26.0 Å². The standard InChI is InChI=1S/C14H12F2OS.C11H17N3/c1-17-14-12(15)7-10(8-13(14)16)9-3-5-11(18-2)6-4-9;1-3-10-6-12-11(13-7-10)14-5-4-9(2)8-14/h3-8H,1-2H3;6-7,9H,3-5,8H2,1-2H3. The van der Waals surface area contributed by atoms with E-state index in [1.54, 1.807) is 11.8 Å². The van der Waals surface area contributed by atoms with E-state index in [4.69, 9.17) is 0 Å². The minimum Gasteiger partial charge on any atom is -0.491 e. The van der Waals surface area contributed by atoms with Crippen molar-refractivity contribution in [1.29, 1.82) is 0 Å². The van der Waals surface area contributed by atoms with Crippen LogP contribution in [0.15, 0.2) is 53.7 Å². The van der Waals surface area contributed by atoms with E-state index < -0.39 is 11.6 Å². The molecule has 1 saturated heterocycles. The maximum absolute atomic E-state index is 13.6. The Hall–Kier alpha value is -2.67.